The number of hydrogen-bond acceptors (Lipinski definition) is 3. The van der Waals surface area contributed by atoms with Crippen LogP contribution in [0.25, 0.3) is 0 Å². The zero-order chi connectivity index (χ0) is 8.81. The molecule has 4 heteroatoms. The van der Waals surface area contributed by atoms with Gasteiger partial charge in [-0.3, -0.25) is 4.79 Å². The first-order valence-corrected chi connectivity index (χ1v) is 4.37. The second kappa shape index (κ2) is 5.11. The van der Waals surface area contributed by atoms with Gasteiger partial charge in [0, 0.05) is 13.1 Å². The molecule has 0 radical (unpaired) electrons. The summed E-state index contributed by atoms with van der Waals surface area (Å²) in [5.41, 5.74) is 5.19. The first-order chi connectivity index (χ1) is 5.83. The molecule has 12 heavy (non-hydrogen) atoms. The van der Waals surface area contributed by atoms with Crippen molar-refractivity contribution >= 4 is 5.91 Å². The van der Waals surface area contributed by atoms with Crippen LogP contribution in [0.4, 0.5) is 0 Å². The Morgan fingerprint density at radius 2 is 2.33 bits per heavy atom. The van der Waals surface area contributed by atoms with Crippen LogP contribution in [0, 0.1) is 5.92 Å². The Kier molecular flexibility index (Phi) is 4.04. The summed E-state index contributed by atoms with van der Waals surface area (Å²) in [6, 6.07) is 0. The molecule has 0 aromatic heterocycles. The normalized spacial score (nSPS) is 16.1. The van der Waals surface area contributed by atoms with Gasteiger partial charge in [-0.1, -0.05) is 0 Å². The number of ether oxygens (including phenoxy) is 1. The van der Waals surface area contributed by atoms with Crippen molar-refractivity contribution in [1.82, 2.24) is 5.32 Å². The quantitative estimate of drug-likeness (QED) is 0.530. The van der Waals surface area contributed by atoms with E-state index in [4.69, 9.17) is 10.5 Å². The minimum absolute atomic E-state index is 0.0321. The second-order valence-electron chi connectivity index (χ2n) is 3.09. The van der Waals surface area contributed by atoms with Crippen molar-refractivity contribution in [3.05, 3.63) is 0 Å². The molecule has 1 aliphatic carbocycles. The Labute approximate surface area is 72.5 Å². The highest BCUT2D eigenvalue weighted by Gasteiger charge is 2.21. The van der Waals surface area contributed by atoms with Crippen LogP contribution in [-0.2, 0) is 9.53 Å². The topological polar surface area (TPSA) is 64.3 Å². The minimum atomic E-state index is -0.0321. The monoisotopic (exact) mass is 172 g/mol. The van der Waals surface area contributed by atoms with E-state index in [2.05, 4.69) is 5.32 Å². The van der Waals surface area contributed by atoms with Crippen LogP contribution in [0.5, 0.6) is 0 Å². The lowest BCUT2D eigenvalue weighted by molar-refractivity contribution is -0.125. The van der Waals surface area contributed by atoms with Gasteiger partial charge in [-0.05, 0) is 18.8 Å². The van der Waals surface area contributed by atoms with Gasteiger partial charge in [0.05, 0.1) is 6.61 Å². The lowest BCUT2D eigenvalue weighted by Gasteiger charge is -2.03. The molecule has 3 N–H and O–H groups in total. The summed E-state index contributed by atoms with van der Waals surface area (Å²) in [7, 11) is 0. The van der Waals surface area contributed by atoms with Gasteiger partial charge >= 0.3 is 0 Å². The predicted octanol–water partition coefficient (Wildman–Crippen LogP) is -0.512. The van der Waals surface area contributed by atoms with Gasteiger partial charge in [-0.25, -0.2) is 0 Å². The summed E-state index contributed by atoms with van der Waals surface area (Å²) >= 11 is 0. The van der Waals surface area contributed by atoms with E-state index < -0.39 is 0 Å². The van der Waals surface area contributed by atoms with E-state index >= 15 is 0 Å². The molecule has 0 bridgehead atoms. The van der Waals surface area contributed by atoms with Crippen LogP contribution < -0.4 is 11.1 Å². The highest BCUT2D eigenvalue weighted by molar-refractivity contribution is 5.77. The van der Waals surface area contributed by atoms with Crippen LogP contribution in [0.3, 0.4) is 0 Å². The molecule has 4 nitrogen and oxygen atoms in total. The molecular formula is C8H16N2O2. The van der Waals surface area contributed by atoms with E-state index in [0.717, 1.165) is 12.5 Å². The maximum absolute atomic E-state index is 11.0. The van der Waals surface area contributed by atoms with E-state index in [-0.39, 0.29) is 12.5 Å². The van der Waals surface area contributed by atoms with Crippen molar-refractivity contribution in [3.63, 3.8) is 0 Å². The Bertz CT molecular complexity index is 146. The van der Waals surface area contributed by atoms with Gasteiger partial charge in [-0.15, -0.1) is 0 Å². The molecule has 70 valence electrons. The third-order valence-electron chi connectivity index (χ3n) is 1.78. The molecule has 1 saturated carbocycles. The molecule has 0 saturated heterocycles. The van der Waals surface area contributed by atoms with Crippen LogP contribution in [0.2, 0.25) is 0 Å². The Balaban J connectivity index is 1.88. The number of carbonyl (C=O) groups is 1. The number of nitrogens with two attached hydrogens (primary N) is 1. The van der Waals surface area contributed by atoms with Crippen molar-refractivity contribution < 1.29 is 9.53 Å². The highest BCUT2D eigenvalue weighted by Crippen LogP contribution is 2.27. The van der Waals surface area contributed by atoms with Gasteiger partial charge in [0.1, 0.15) is 6.61 Å². The first kappa shape index (κ1) is 9.48. The fraction of sp³-hybridized carbons (Fsp3) is 0.875. The van der Waals surface area contributed by atoms with Crippen molar-refractivity contribution in [3.8, 4) is 0 Å². The molecule has 0 aliphatic heterocycles. The fourth-order valence-electron chi connectivity index (χ4n) is 0.879. The van der Waals surface area contributed by atoms with Crippen LogP contribution >= 0.6 is 0 Å². The molecule has 0 unspecified atom stereocenters. The van der Waals surface area contributed by atoms with E-state index in [1.165, 1.54) is 12.8 Å². The van der Waals surface area contributed by atoms with Gasteiger partial charge in [-0.2, -0.15) is 0 Å². The zero-order valence-electron chi connectivity index (χ0n) is 7.21. The molecular weight excluding hydrogens is 156 g/mol. The Hall–Kier alpha value is -0.610. The smallest absolute Gasteiger partial charge is 0.246 e. The maximum atomic E-state index is 11.0. The van der Waals surface area contributed by atoms with Gasteiger partial charge in [0.2, 0.25) is 5.91 Å². The zero-order valence-corrected chi connectivity index (χ0v) is 7.21. The number of hydrogen-bond donors (Lipinski definition) is 2. The molecule has 1 fully saturated rings. The lowest BCUT2D eigenvalue weighted by atomic mass is 10.4. The maximum Gasteiger partial charge on any atom is 0.246 e. The van der Waals surface area contributed by atoms with Crippen molar-refractivity contribution in [2.75, 3.05) is 26.3 Å². The Morgan fingerprint density at radius 3 is 2.92 bits per heavy atom. The SMILES string of the molecule is NCCOCC(=O)NCC1CC1. The summed E-state index contributed by atoms with van der Waals surface area (Å²) in [5, 5.41) is 2.80. The fourth-order valence-corrected chi connectivity index (χ4v) is 0.879. The Morgan fingerprint density at radius 1 is 1.58 bits per heavy atom. The summed E-state index contributed by atoms with van der Waals surface area (Å²) < 4.78 is 4.96. The summed E-state index contributed by atoms with van der Waals surface area (Å²) in [6.45, 7) is 1.88. The molecule has 1 aliphatic rings. The minimum Gasteiger partial charge on any atom is -0.370 e. The van der Waals surface area contributed by atoms with Crippen molar-refractivity contribution in [1.29, 1.82) is 0 Å². The lowest BCUT2D eigenvalue weighted by Crippen LogP contribution is -2.30. The second-order valence-corrected chi connectivity index (χ2v) is 3.09. The number of carbonyl (C=O) groups excluding carboxylic acids is 1. The number of nitrogens with one attached hydrogen (secondary N) is 1. The summed E-state index contributed by atoms with van der Waals surface area (Å²) in [6.07, 6.45) is 2.51. The van der Waals surface area contributed by atoms with Gasteiger partial charge in [0.15, 0.2) is 0 Å². The van der Waals surface area contributed by atoms with Gasteiger partial charge in [0.25, 0.3) is 0 Å². The molecule has 0 aromatic carbocycles. The first-order valence-electron chi connectivity index (χ1n) is 4.37. The van der Waals surface area contributed by atoms with Gasteiger partial charge < -0.3 is 15.8 Å². The van der Waals surface area contributed by atoms with E-state index in [0.29, 0.717) is 13.2 Å². The summed E-state index contributed by atoms with van der Waals surface area (Å²) in [5.74, 6) is 0.693. The van der Waals surface area contributed by atoms with Crippen LogP contribution in [-0.4, -0.2) is 32.2 Å². The predicted molar refractivity (Wildman–Crippen MR) is 45.6 cm³/mol. The van der Waals surface area contributed by atoms with Crippen molar-refractivity contribution in [2.45, 2.75) is 12.8 Å². The van der Waals surface area contributed by atoms with Crippen molar-refractivity contribution in [2.24, 2.45) is 11.7 Å². The largest absolute Gasteiger partial charge is 0.370 e. The van der Waals surface area contributed by atoms with Crippen LogP contribution in [0.15, 0.2) is 0 Å². The molecule has 1 amide bonds. The summed E-state index contributed by atoms with van der Waals surface area (Å²) in [4.78, 5) is 11.0. The third kappa shape index (κ3) is 4.31. The average molecular weight is 172 g/mol. The molecule has 0 spiro atoms. The molecule has 0 atom stereocenters. The average Bonchev–Trinajstić information content (AvgIpc) is 2.84. The highest BCUT2D eigenvalue weighted by atomic mass is 16.5. The number of rotatable bonds is 6. The van der Waals surface area contributed by atoms with E-state index in [1.54, 1.807) is 0 Å². The van der Waals surface area contributed by atoms with Crippen LogP contribution in [0.1, 0.15) is 12.8 Å². The standard InChI is InChI=1S/C8H16N2O2/c9-3-4-12-6-8(11)10-5-7-1-2-7/h7H,1-6,9H2,(H,10,11). The molecule has 0 heterocycles. The molecule has 0 aromatic rings. The van der Waals surface area contributed by atoms with E-state index in [1.807, 2.05) is 0 Å². The number of amides is 1. The third-order valence-corrected chi connectivity index (χ3v) is 1.78. The van der Waals surface area contributed by atoms with E-state index in [9.17, 15) is 4.79 Å². The molecule has 1 rings (SSSR count).